The maximum Gasteiger partial charge on any atom is 0.0345 e. The third-order valence-corrected chi connectivity index (χ3v) is 4.79. The van der Waals surface area contributed by atoms with Crippen molar-refractivity contribution in [1.29, 1.82) is 0 Å². The lowest BCUT2D eigenvalue weighted by Gasteiger charge is -2.33. The average molecular weight is 246 g/mol. The number of benzene rings is 1. The van der Waals surface area contributed by atoms with Gasteiger partial charge in [-0.05, 0) is 31.0 Å². The molecule has 1 aromatic carbocycles. The molecular formula is C14H18N2S. The number of piperidine rings is 1. The molecule has 0 aliphatic carbocycles. The summed E-state index contributed by atoms with van der Waals surface area (Å²) in [5.74, 6) is 0.612. The summed E-state index contributed by atoms with van der Waals surface area (Å²) in [6.45, 7) is 2.17. The van der Waals surface area contributed by atoms with Crippen LogP contribution in [0.4, 0.5) is 0 Å². The van der Waals surface area contributed by atoms with E-state index in [9.17, 15) is 0 Å². The number of likely N-dealkylation sites (N-methyl/N-ethyl adjacent to an activating group) is 1. The summed E-state index contributed by atoms with van der Waals surface area (Å²) < 4.78 is 1.39. The zero-order valence-electron chi connectivity index (χ0n) is 10.1. The monoisotopic (exact) mass is 246 g/mol. The van der Waals surface area contributed by atoms with Crippen LogP contribution in [0.2, 0.25) is 0 Å². The zero-order valence-corrected chi connectivity index (χ0v) is 10.9. The van der Waals surface area contributed by atoms with Gasteiger partial charge in [-0.1, -0.05) is 18.2 Å². The molecule has 0 radical (unpaired) electrons. The first-order valence-electron chi connectivity index (χ1n) is 6.15. The summed E-state index contributed by atoms with van der Waals surface area (Å²) in [4.78, 5) is 3.84. The molecule has 0 bridgehead atoms. The van der Waals surface area contributed by atoms with E-state index >= 15 is 0 Å². The Morgan fingerprint density at radius 2 is 2.12 bits per heavy atom. The van der Waals surface area contributed by atoms with Crippen LogP contribution in [-0.2, 0) is 0 Å². The molecule has 3 rings (SSSR count). The third kappa shape index (κ3) is 2.23. The number of rotatable bonds is 1. The maximum absolute atomic E-state index is 6.11. The molecule has 2 nitrogen and oxygen atoms in total. The van der Waals surface area contributed by atoms with E-state index < -0.39 is 0 Å². The highest BCUT2D eigenvalue weighted by Crippen LogP contribution is 2.34. The summed E-state index contributed by atoms with van der Waals surface area (Å²) in [6.07, 6.45) is 1.12. The van der Waals surface area contributed by atoms with Crippen LogP contribution < -0.4 is 5.73 Å². The van der Waals surface area contributed by atoms with Crippen molar-refractivity contribution >= 4 is 21.4 Å². The number of likely N-dealkylation sites (tertiary alicyclic amines) is 1. The molecule has 17 heavy (non-hydrogen) atoms. The molecule has 1 saturated heterocycles. The van der Waals surface area contributed by atoms with Crippen molar-refractivity contribution < 1.29 is 0 Å². The number of nitrogens with two attached hydrogens (primary N) is 1. The van der Waals surface area contributed by atoms with Gasteiger partial charge < -0.3 is 10.6 Å². The Hall–Kier alpha value is -0.900. The van der Waals surface area contributed by atoms with E-state index in [4.69, 9.17) is 5.73 Å². The van der Waals surface area contributed by atoms with Gasteiger partial charge in [-0.2, -0.15) is 0 Å². The first kappa shape index (κ1) is 11.2. The van der Waals surface area contributed by atoms with E-state index in [-0.39, 0.29) is 0 Å². The van der Waals surface area contributed by atoms with Crippen LogP contribution >= 0.6 is 11.3 Å². The van der Waals surface area contributed by atoms with Gasteiger partial charge in [-0.25, -0.2) is 0 Å². The Morgan fingerprint density at radius 3 is 2.88 bits per heavy atom. The fourth-order valence-corrected chi connectivity index (χ4v) is 3.94. The van der Waals surface area contributed by atoms with Crippen molar-refractivity contribution in [1.82, 2.24) is 4.90 Å². The smallest absolute Gasteiger partial charge is 0.0345 e. The molecule has 1 aliphatic heterocycles. The van der Waals surface area contributed by atoms with E-state index in [1.54, 1.807) is 0 Å². The number of thiophene rings is 1. The van der Waals surface area contributed by atoms with Crippen molar-refractivity contribution in [2.24, 2.45) is 5.73 Å². The number of fused-ring (bicyclic) bond motifs is 1. The van der Waals surface area contributed by atoms with Gasteiger partial charge in [0.15, 0.2) is 0 Å². The predicted molar refractivity (Wildman–Crippen MR) is 74.7 cm³/mol. The van der Waals surface area contributed by atoms with Crippen LogP contribution in [0, 0.1) is 0 Å². The Kier molecular flexibility index (Phi) is 2.90. The number of hydrogen-bond acceptors (Lipinski definition) is 3. The molecule has 90 valence electrons. The van der Waals surface area contributed by atoms with Crippen LogP contribution in [0.5, 0.6) is 0 Å². The lowest BCUT2D eigenvalue weighted by atomic mass is 9.93. The fourth-order valence-electron chi connectivity index (χ4n) is 2.78. The highest BCUT2D eigenvalue weighted by molar-refractivity contribution is 7.19. The molecule has 1 aliphatic rings. The molecular weight excluding hydrogens is 228 g/mol. The molecule has 0 saturated carbocycles. The predicted octanol–water partition coefficient (Wildman–Crippen LogP) is 2.65. The minimum absolute atomic E-state index is 0.323. The van der Waals surface area contributed by atoms with Gasteiger partial charge in [-0.3, -0.25) is 0 Å². The Morgan fingerprint density at radius 1 is 1.29 bits per heavy atom. The van der Waals surface area contributed by atoms with Gasteiger partial charge in [0.1, 0.15) is 0 Å². The van der Waals surface area contributed by atoms with Crippen LogP contribution in [0.25, 0.3) is 10.1 Å². The molecule has 2 N–H and O–H groups in total. The minimum Gasteiger partial charge on any atom is -0.327 e. The highest BCUT2D eigenvalue weighted by atomic mass is 32.1. The van der Waals surface area contributed by atoms with Crippen LogP contribution in [0.15, 0.2) is 30.3 Å². The van der Waals surface area contributed by atoms with Crippen LogP contribution in [-0.4, -0.2) is 31.1 Å². The molecule has 0 amide bonds. The van der Waals surface area contributed by atoms with E-state index in [2.05, 4.69) is 42.3 Å². The quantitative estimate of drug-likeness (QED) is 0.838. The lowest BCUT2D eigenvalue weighted by Crippen LogP contribution is -2.43. The van der Waals surface area contributed by atoms with E-state index in [1.165, 1.54) is 15.0 Å². The first-order chi connectivity index (χ1) is 8.22. The van der Waals surface area contributed by atoms with Crippen LogP contribution in [0.1, 0.15) is 17.2 Å². The van der Waals surface area contributed by atoms with Crippen molar-refractivity contribution in [3.05, 3.63) is 35.2 Å². The molecule has 2 atom stereocenters. The standard InChI is InChI=1S/C14H18N2S/c1-16-8-11(6-12(15)9-16)14-7-10-4-2-3-5-13(10)17-14/h2-5,7,11-12H,6,8-9,15H2,1H3. The first-order valence-corrected chi connectivity index (χ1v) is 6.96. The average Bonchev–Trinajstić information content (AvgIpc) is 2.71. The van der Waals surface area contributed by atoms with E-state index in [0.29, 0.717) is 12.0 Å². The second-order valence-electron chi connectivity index (χ2n) is 5.10. The van der Waals surface area contributed by atoms with Crippen molar-refractivity contribution in [2.75, 3.05) is 20.1 Å². The lowest BCUT2D eigenvalue weighted by molar-refractivity contribution is 0.228. The van der Waals surface area contributed by atoms with E-state index in [1.807, 2.05) is 11.3 Å². The maximum atomic E-state index is 6.11. The highest BCUT2D eigenvalue weighted by Gasteiger charge is 2.25. The second kappa shape index (κ2) is 4.41. The van der Waals surface area contributed by atoms with Crippen molar-refractivity contribution in [3.8, 4) is 0 Å². The SMILES string of the molecule is CN1CC(N)CC(c2cc3ccccc3s2)C1. The summed E-state index contributed by atoms with van der Waals surface area (Å²) in [5, 5.41) is 1.37. The van der Waals surface area contributed by atoms with E-state index in [0.717, 1.165) is 19.5 Å². The zero-order chi connectivity index (χ0) is 11.8. The molecule has 2 aromatic rings. The molecule has 1 fully saturated rings. The van der Waals surface area contributed by atoms with Gasteiger partial charge in [0.2, 0.25) is 0 Å². The molecule has 3 heteroatoms. The third-order valence-electron chi connectivity index (χ3n) is 3.51. The summed E-state index contributed by atoms with van der Waals surface area (Å²) in [6, 6.07) is 11.3. The molecule has 0 spiro atoms. The van der Waals surface area contributed by atoms with Gasteiger partial charge in [0.25, 0.3) is 0 Å². The van der Waals surface area contributed by atoms with Crippen molar-refractivity contribution in [3.63, 3.8) is 0 Å². The summed E-state index contributed by atoms with van der Waals surface area (Å²) in [7, 11) is 2.17. The van der Waals surface area contributed by atoms with Crippen LogP contribution in [0.3, 0.4) is 0 Å². The second-order valence-corrected chi connectivity index (χ2v) is 6.22. The topological polar surface area (TPSA) is 29.3 Å². The van der Waals surface area contributed by atoms with Gasteiger partial charge in [-0.15, -0.1) is 11.3 Å². The Balaban J connectivity index is 1.92. The molecule has 2 unspecified atom stereocenters. The largest absolute Gasteiger partial charge is 0.327 e. The minimum atomic E-state index is 0.323. The Bertz CT molecular complexity index is 477. The van der Waals surface area contributed by atoms with Gasteiger partial charge in [0, 0.05) is 34.6 Å². The van der Waals surface area contributed by atoms with Crippen molar-refractivity contribution in [2.45, 2.75) is 18.4 Å². The molecule has 1 aromatic heterocycles. The fraction of sp³-hybridized carbons (Fsp3) is 0.429. The number of nitrogens with zero attached hydrogens (tertiary/aromatic N) is 1. The number of hydrogen-bond donors (Lipinski definition) is 1. The summed E-state index contributed by atoms with van der Waals surface area (Å²) >= 11 is 1.93. The molecule has 2 heterocycles. The summed E-state index contributed by atoms with van der Waals surface area (Å²) in [5.41, 5.74) is 6.11. The normalized spacial score (nSPS) is 26.5. The Labute approximate surface area is 106 Å². The van der Waals surface area contributed by atoms with Gasteiger partial charge >= 0.3 is 0 Å². The van der Waals surface area contributed by atoms with Gasteiger partial charge in [0.05, 0.1) is 0 Å².